The van der Waals surface area contributed by atoms with Gasteiger partial charge < -0.3 is 19.3 Å². The molecule has 0 radical (unpaired) electrons. The molecule has 2 heterocycles. The smallest absolute Gasteiger partial charge is 0.372 e. The zero-order valence-electron chi connectivity index (χ0n) is 9.40. The SMILES string of the molecule is Cc1cc(CNCc2ccoc2)oc1C(=O)O. The number of carboxylic acid groups (broad SMARTS) is 1. The topological polar surface area (TPSA) is 75.6 Å². The number of carboxylic acids is 1. The second-order valence-electron chi connectivity index (χ2n) is 3.77. The predicted molar refractivity (Wildman–Crippen MR) is 59.7 cm³/mol. The molecule has 0 saturated carbocycles. The molecule has 2 aromatic rings. The Kier molecular flexibility index (Phi) is 3.30. The van der Waals surface area contributed by atoms with Crippen LogP contribution in [0.25, 0.3) is 0 Å². The molecule has 0 aliphatic carbocycles. The van der Waals surface area contributed by atoms with Gasteiger partial charge in [0.1, 0.15) is 5.76 Å². The van der Waals surface area contributed by atoms with Crippen LogP contribution in [0.2, 0.25) is 0 Å². The van der Waals surface area contributed by atoms with Crippen molar-refractivity contribution in [2.24, 2.45) is 0 Å². The molecule has 2 aromatic heterocycles. The van der Waals surface area contributed by atoms with Crippen molar-refractivity contribution in [3.8, 4) is 0 Å². The first-order valence-electron chi connectivity index (χ1n) is 5.21. The first-order valence-corrected chi connectivity index (χ1v) is 5.21. The molecule has 0 fully saturated rings. The Balaban J connectivity index is 1.91. The first kappa shape index (κ1) is 11.5. The molecule has 0 atom stereocenters. The Bertz CT molecular complexity index is 499. The summed E-state index contributed by atoms with van der Waals surface area (Å²) in [5.74, 6) is -0.419. The Morgan fingerprint density at radius 2 is 2.29 bits per heavy atom. The van der Waals surface area contributed by atoms with E-state index in [2.05, 4.69) is 5.32 Å². The Morgan fingerprint density at radius 3 is 2.88 bits per heavy atom. The largest absolute Gasteiger partial charge is 0.475 e. The summed E-state index contributed by atoms with van der Waals surface area (Å²) in [4.78, 5) is 10.8. The molecular formula is C12H13NO4. The molecule has 2 rings (SSSR count). The van der Waals surface area contributed by atoms with E-state index in [0.29, 0.717) is 24.4 Å². The van der Waals surface area contributed by atoms with Crippen molar-refractivity contribution >= 4 is 5.97 Å². The summed E-state index contributed by atoms with van der Waals surface area (Å²) in [5.41, 5.74) is 1.67. The van der Waals surface area contributed by atoms with Crippen molar-refractivity contribution in [3.63, 3.8) is 0 Å². The molecule has 0 amide bonds. The highest BCUT2D eigenvalue weighted by molar-refractivity contribution is 5.86. The van der Waals surface area contributed by atoms with Crippen molar-refractivity contribution in [3.05, 3.63) is 47.3 Å². The van der Waals surface area contributed by atoms with Crippen LogP contribution in [-0.2, 0) is 13.1 Å². The number of hydrogen-bond acceptors (Lipinski definition) is 4. The lowest BCUT2D eigenvalue weighted by molar-refractivity contribution is 0.0659. The molecule has 5 heteroatoms. The van der Waals surface area contributed by atoms with Crippen molar-refractivity contribution < 1.29 is 18.7 Å². The van der Waals surface area contributed by atoms with E-state index in [1.54, 1.807) is 25.5 Å². The van der Waals surface area contributed by atoms with Crippen LogP contribution in [-0.4, -0.2) is 11.1 Å². The summed E-state index contributed by atoms with van der Waals surface area (Å²) in [5, 5.41) is 12.0. The fourth-order valence-corrected chi connectivity index (χ4v) is 1.57. The van der Waals surface area contributed by atoms with Crippen molar-refractivity contribution in [1.29, 1.82) is 0 Å². The highest BCUT2D eigenvalue weighted by Crippen LogP contribution is 2.14. The molecule has 0 unspecified atom stereocenters. The van der Waals surface area contributed by atoms with E-state index >= 15 is 0 Å². The number of carbonyl (C=O) groups is 1. The third-order valence-electron chi connectivity index (χ3n) is 2.37. The molecule has 0 spiro atoms. The van der Waals surface area contributed by atoms with Gasteiger partial charge in [-0.2, -0.15) is 0 Å². The van der Waals surface area contributed by atoms with Gasteiger partial charge in [-0.1, -0.05) is 0 Å². The minimum absolute atomic E-state index is 0.00473. The number of hydrogen-bond donors (Lipinski definition) is 2. The maximum atomic E-state index is 10.8. The zero-order chi connectivity index (χ0) is 12.3. The fraction of sp³-hybridized carbons (Fsp3) is 0.250. The third kappa shape index (κ3) is 2.76. The van der Waals surface area contributed by atoms with Gasteiger partial charge in [-0.15, -0.1) is 0 Å². The molecular weight excluding hydrogens is 222 g/mol. The van der Waals surface area contributed by atoms with E-state index in [9.17, 15) is 4.79 Å². The van der Waals surface area contributed by atoms with Gasteiger partial charge >= 0.3 is 5.97 Å². The van der Waals surface area contributed by atoms with Crippen LogP contribution in [0, 0.1) is 6.92 Å². The van der Waals surface area contributed by atoms with Crippen LogP contribution in [0.3, 0.4) is 0 Å². The van der Waals surface area contributed by atoms with Gasteiger partial charge in [0.25, 0.3) is 0 Å². The molecule has 0 aliphatic heterocycles. The first-order chi connectivity index (χ1) is 8.16. The summed E-state index contributed by atoms with van der Waals surface area (Å²) in [6.45, 7) is 2.85. The van der Waals surface area contributed by atoms with Crippen LogP contribution in [0.4, 0.5) is 0 Å². The van der Waals surface area contributed by atoms with Crippen molar-refractivity contribution in [1.82, 2.24) is 5.32 Å². The predicted octanol–water partition coefficient (Wildman–Crippen LogP) is 2.17. The van der Waals surface area contributed by atoms with Gasteiger partial charge in [-0.25, -0.2) is 4.79 Å². The quantitative estimate of drug-likeness (QED) is 0.830. The number of furan rings is 2. The third-order valence-corrected chi connectivity index (χ3v) is 2.37. The minimum Gasteiger partial charge on any atom is -0.475 e. The lowest BCUT2D eigenvalue weighted by Crippen LogP contribution is -2.11. The average molecular weight is 235 g/mol. The van der Waals surface area contributed by atoms with Gasteiger partial charge in [-0.3, -0.25) is 0 Å². The maximum absolute atomic E-state index is 10.8. The molecule has 2 N–H and O–H groups in total. The van der Waals surface area contributed by atoms with Crippen molar-refractivity contribution in [2.45, 2.75) is 20.0 Å². The Hall–Kier alpha value is -2.01. The second kappa shape index (κ2) is 4.88. The normalized spacial score (nSPS) is 10.6. The van der Waals surface area contributed by atoms with Gasteiger partial charge in [0.15, 0.2) is 0 Å². The molecule has 0 aliphatic rings. The van der Waals surface area contributed by atoms with Gasteiger partial charge in [0.2, 0.25) is 5.76 Å². The zero-order valence-corrected chi connectivity index (χ0v) is 9.40. The van der Waals surface area contributed by atoms with E-state index in [4.69, 9.17) is 13.9 Å². The summed E-state index contributed by atoms with van der Waals surface area (Å²) in [7, 11) is 0. The maximum Gasteiger partial charge on any atom is 0.372 e. The number of rotatable bonds is 5. The molecule has 5 nitrogen and oxygen atoms in total. The highest BCUT2D eigenvalue weighted by Gasteiger charge is 2.13. The standard InChI is InChI=1S/C12H13NO4/c1-8-4-10(17-11(8)12(14)15)6-13-5-9-2-3-16-7-9/h2-4,7,13H,5-6H2,1H3,(H,14,15). The van der Waals surface area contributed by atoms with E-state index in [1.807, 2.05) is 6.07 Å². The summed E-state index contributed by atoms with van der Waals surface area (Å²) < 4.78 is 10.1. The Morgan fingerprint density at radius 1 is 1.47 bits per heavy atom. The monoisotopic (exact) mass is 235 g/mol. The summed E-state index contributed by atoms with van der Waals surface area (Å²) in [6.07, 6.45) is 3.26. The second-order valence-corrected chi connectivity index (χ2v) is 3.77. The van der Waals surface area contributed by atoms with Crippen LogP contribution in [0.1, 0.15) is 27.4 Å². The van der Waals surface area contributed by atoms with Crippen molar-refractivity contribution in [2.75, 3.05) is 0 Å². The van der Waals surface area contributed by atoms with E-state index in [1.165, 1.54) is 0 Å². The summed E-state index contributed by atoms with van der Waals surface area (Å²) in [6, 6.07) is 3.59. The molecule has 0 bridgehead atoms. The van der Waals surface area contributed by atoms with Crippen LogP contribution in [0.15, 0.2) is 33.5 Å². The lowest BCUT2D eigenvalue weighted by Gasteiger charge is -1.99. The lowest BCUT2D eigenvalue weighted by atomic mass is 10.2. The molecule has 0 saturated heterocycles. The number of aromatic carboxylic acids is 1. The molecule has 0 aromatic carbocycles. The Labute approximate surface area is 98.0 Å². The number of nitrogens with one attached hydrogen (secondary N) is 1. The minimum atomic E-state index is -1.04. The van der Waals surface area contributed by atoms with E-state index < -0.39 is 5.97 Å². The fourth-order valence-electron chi connectivity index (χ4n) is 1.57. The number of aryl methyl sites for hydroxylation is 1. The van der Waals surface area contributed by atoms with Gasteiger partial charge in [0.05, 0.1) is 19.1 Å². The van der Waals surface area contributed by atoms with Crippen LogP contribution < -0.4 is 5.32 Å². The summed E-state index contributed by atoms with van der Waals surface area (Å²) >= 11 is 0. The molecule has 90 valence electrons. The van der Waals surface area contributed by atoms with Crippen LogP contribution >= 0.6 is 0 Å². The van der Waals surface area contributed by atoms with E-state index in [0.717, 1.165) is 5.56 Å². The van der Waals surface area contributed by atoms with Gasteiger partial charge in [0, 0.05) is 17.7 Å². The molecule has 17 heavy (non-hydrogen) atoms. The average Bonchev–Trinajstić information content (AvgIpc) is 2.88. The van der Waals surface area contributed by atoms with Crippen LogP contribution in [0.5, 0.6) is 0 Å². The van der Waals surface area contributed by atoms with Gasteiger partial charge in [-0.05, 0) is 19.1 Å². The van der Waals surface area contributed by atoms with E-state index in [-0.39, 0.29) is 5.76 Å². The highest BCUT2D eigenvalue weighted by atomic mass is 16.4.